The fraction of sp³-hybridized carbons (Fsp3) is 0.154. The summed E-state index contributed by atoms with van der Waals surface area (Å²) >= 11 is 2.95. The normalized spacial score (nSPS) is 13.3. The summed E-state index contributed by atoms with van der Waals surface area (Å²) in [5.74, 6) is 0.757. The number of hydrogen-bond donors (Lipinski definition) is 4. The van der Waals surface area contributed by atoms with Gasteiger partial charge >= 0.3 is 5.69 Å². The number of aliphatic hydroxyl groups excluding tert-OH is 1. The number of thiophene rings is 1. The van der Waals surface area contributed by atoms with E-state index < -0.39 is 23.5 Å². The zero-order chi connectivity index (χ0) is 24.9. The molecule has 0 saturated heterocycles. The van der Waals surface area contributed by atoms with Crippen molar-refractivity contribution in [2.75, 3.05) is 0 Å². The maximum atomic E-state index is 12.3. The Labute approximate surface area is 214 Å². The zero-order valence-corrected chi connectivity index (χ0v) is 20.7. The van der Waals surface area contributed by atoms with E-state index in [0.717, 1.165) is 21.1 Å². The van der Waals surface area contributed by atoms with E-state index >= 15 is 0 Å². The van der Waals surface area contributed by atoms with E-state index in [-0.39, 0.29) is 0 Å². The molecule has 0 aliphatic rings. The number of aliphatic hydroxyl groups is 1. The van der Waals surface area contributed by atoms with Gasteiger partial charge in [0.2, 0.25) is 0 Å². The van der Waals surface area contributed by atoms with E-state index in [4.69, 9.17) is 4.42 Å². The quantitative estimate of drug-likeness (QED) is 0.161. The molecule has 8 nitrogen and oxygen atoms in total. The largest absolute Gasteiger partial charge is 0.468 e. The number of fused-ring (bicyclic) bond motifs is 1. The van der Waals surface area contributed by atoms with Crippen LogP contribution in [0.1, 0.15) is 22.2 Å². The lowest BCUT2D eigenvalue weighted by atomic mass is 10.1. The third kappa shape index (κ3) is 5.69. The highest BCUT2D eigenvalue weighted by Gasteiger charge is 2.28. The van der Waals surface area contributed by atoms with Crippen molar-refractivity contribution in [3.05, 3.63) is 121 Å². The Kier molecular flexibility index (Phi) is 7.49. The van der Waals surface area contributed by atoms with Gasteiger partial charge < -0.3 is 14.5 Å². The fourth-order valence-electron chi connectivity index (χ4n) is 3.96. The SMILES string of the molecule is O=c1[nH]c(=O)c2cc(SN[C@H](c3ccccc3)C(O)N(Cc3ccco3)Cc3cccs3)ccc2[nH]1. The van der Waals surface area contributed by atoms with E-state index in [0.29, 0.717) is 24.0 Å². The highest BCUT2D eigenvalue weighted by atomic mass is 32.2. The number of aromatic amines is 2. The number of nitrogens with zero attached hydrogens (tertiary/aromatic N) is 1. The van der Waals surface area contributed by atoms with Crippen molar-refractivity contribution in [2.24, 2.45) is 0 Å². The highest BCUT2D eigenvalue weighted by Crippen LogP contribution is 2.28. The van der Waals surface area contributed by atoms with Gasteiger partial charge in [-0.2, -0.15) is 0 Å². The third-order valence-corrected chi connectivity index (χ3v) is 7.45. The molecule has 1 unspecified atom stereocenters. The number of H-pyrrole nitrogens is 2. The average Bonchev–Trinajstić information content (AvgIpc) is 3.59. The molecule has 0 spiro atoms. The Balaban J connectivity index is 1.42. The summed E-state index contributed by atoms with van der Waals surface area (Å²) in [7, 11) is 0. The van der Waals surface area contributed by atoms with Crippen molar-refractivity contribution >= 4 is 34.2 Å². The number of nitrogens with one attached hydrogen (secondary N) is 3. The summed E-state index contributed by atoms with van der Waals surface area (Å²) in [5, 5.41) is 14.1. The molecule has 36 heavy (non-hydrogen) atoms. The molecule has 10 heteroatoms. The first kappa shape index (κ1) is 24.3. The maximum Gasteiger partial charge on any atom is 0.326 e. The number of rotatable bonds is 10. The molecule has 0 amide bonds. The Morgan fingerprint density at radius 1 is 1.00 bits per heavy atom. The van der Waals surface area contributed by atoms with Crippen LogP contribution >= 0.6 is 23.3 Å². The average molecular weight is 521 g/mol. The predicted molar refractivity (Wildman–Crippen MR) is 142 cm³/mol. The minimum absolute atomic E-state index is 0.385. The van der Waals surface area contributed by atoms with Crippen LogP contribution in [0, 0.1) is 0 Å². The van der Waals surface area contributed by atoms with Crippen LogP contribution < -0.4 is 16.0 Å². The highest BCUT2D eigenvalue weighted by molar-refractivity contribution is 7.97. The van der Waals surface area contributed by atoms with Crippen LogP contribution in [0.15, 0.2) is 103 Å². The lowest BCUT2D eigenvalue weighted by Crippen LogP contribution is -2.42. The standard InChI is InChI=1S/C26H24N4O4S2/c31-24-21-14-19(10-11-22(21)27-26(33)28-24)36-29-23(17-6-2-1-3-7-17)25(32)30(15-18-8-4-12-34-18)16-20-9-5-13-35-20/h1-14,23,25,29,32H,15-16H2,(H2,27,28,31,33)/t23-,25?/m1/s1. The van der Waals surface area contributed by atoms with Gasteiger partial charge in [-0.05, 0) is 59.3 Å². The lowest BCUT2D eigenvalue weighted by Gasteiger charge is -2.33. The van der Waals surface area contributed by atoms with Crippen LogP contribution in [-0.4, -0.2) is 26.2 Å². The Morgan fingerprint density at radius 2 is 1.86 bits per heavy atom. The van der Waals surface area contributed by atoms with Crippen molar-refractivity contribution < 1.29 is 9.52 Å². The van der Waals surface area contributed by atoms with E-state index in [9.17, 15) is 14.7 Å². The summed E-state index contributed by atoms with van der Waals surface area (Å²) < 4.78 is 8.98. The first-order valence-corrected chi connectivity index (χ1v) is 13.0. The molecule has 5 rings (SSSR count). The molecular weight excluding hydrogens is 496 g/mol. The monoisotopic (exact) mass is 520 g/mol. The van der Waals surface area contributed by atoms with E-state index in [1.165, 1.54) is 11.9 Å². The second-order valence-corrected chi connectivity index (χ2v) is 10.1. The number of aromatic nitrogens is 2. The molecule has 184 valence electrons. The summed E-state index contributed by atoms with van der Waals surface area (Å²) in [6, 6.07) is 22.3. The molecule has 0 fully saturated rings. The maximum absolute atomic E-state index is 12.3. The fourth-order valence-corrected chi connectivity index (χ4v) is 5.52. The van der Waals surface area contributed by atoms with Crippen molar-refractivity contribution in [3.63, 3.8) is 0 Å². The molecule has 3 aromatic heterocycles. The molecular formula is C26H24N4O4S2. The van der Waals surface area contributed by atoms with Gasteiger partial charge in [0.25, 0.3) is 5.56 Å². The summed E-state index contributed by atoms with van der Waals surface area (Å²) in [4.78, 5) is 32.6. The second-order valence-electron chi connectivity index (χ2n) is 8.20. The Morgan fingerprint density at radius 3 is 2.61 bits per heavy atom. The smallest absolute Gasteiger partial charge is 0.326 e. The van der Waals surface area contributed by atoms with Gasteiger partial charge in [-0.25, -0.2) is 9.52 Å². The summed E-state index contributed by atoms with van der Waals surface area (Å²) in [5.41, 5.74) is 0.390. The number of furan rings is 1. The molecule has 2 aromatic carbocycles. The van der Waals surface area contributed by atoms with Gasteiger partial charge in [0, 0.05) is 16.3 Å². The van der Waals surface area contributed by atoms with Gasteiger partial charge in [0.1, 0.15) is 12.0 Å². The molecule has 0 aliphatic heterocycles. The molecule has 0 aliphatic carbocycles. The van der Waals surface area contributed by atoms with Gasteiger partial charge in [0.15, 0.2) is 0 Å². The first-order chi connectivity index (χ1) is 17.6. The molecule has 0 bridgehead atoms. The van der Waals surface area contributed by atoms with Gasteiger partial charge in [0.05, 0.1) is 29.8 Å². The van der Waals surface area contributed by atoms with Crippen LogP contribution in [0.3, 0.4) is 0 Å². The second kappa shape index (κ2) is 11.1. The Bertz CT molecular complexity index is 1480. The van der Waals surface area contributed by atoms with Crippen molar-refractivity contribution in [2.45, 2.75) is 30.3 Å². The van der Waals surface area contributed by atoms with Gasteiger partial charge in [-0.15, -0.1) is 11.3 Å². The van der Waals surface area contributed by atoms with Crippen LogP contribution in [0.4, 0.5) is 0 Å². The summed E-state index contributed by atoms with van der Waals surface area (Å²) in [6.45, 7) is 0.981. The summed E-state index contributed by atoms with van der Waals surface area (Å²) in [6.07, 6.45) is 0.731. The molecule has 3 heterocycles. The van der Waals surface area contributed by atoms with E-state index in [2.05, 4.69) is 14.7 Å². The van der Waals surface area contributed by atoms with Crippen molar-refractivity contribution in [1.82, 2.24) is 19.6 Å². The molecule has 2 atom stereocenters. The van der Waals surface area contributed by atoms with Gasteiger partial charge in [-0.3, -0.25) is 14.7 Å². The minimum Gasteiger partial charge on any atom is -0.468 e. The molecule has 4 N–H and O–H groups in total. The topological polar surface area (TPSA) is 114 Å². The van der Waals surface area contributed by atoms with Crippen LogP contribution in [0.25, 0.3) is 10.9 Å². The van der Waals surface area contributed by atoms with E-state index in [1.54, 1.807) is 29.7 Å². The van der Waals surface area contributed by atoms with Crippen LogP contribution in [-0.2, 0) is 13.1 Å². The predicted octanol–water partition coefficient (Wildman–Crippen LogP) is 4.23. The van der Waals surface area contributed by atoms with Crippen molar-refractivity contribution in [3.8, 4) is 0 Å². The third-order valence-electron chi connectivity index (χ3n) is 5.72. The lowest BCUT2D eigenvalue weighted by molar-refractivity contribution is -0.0332. The van der Waals surface area contributed by atoms with Gasteiger partial charge in [-0.1, -0.05) is 36.4 Å². The number of benzene rings is 2. The zero-order valence-electron chi connectivity index (χ0n) is 19.1. The molecule has 0 saturated carbocycles. The minimum atomic E-state index is -0.896. The Hall–Kier alpha value is -3.41. The molecule has 0 radical (unpaired) electrons. The number of hydrogen-bond acceptors (Lipinski definition) is 8. The van der Waals surface area contributed by atoms with E-state index in [1.807, 2.05) is 70.9 Å². The first-order valence-electron chi connectivity index (χ1n) is 11.3. The van der Waals surface area contributed by atoms with Crippen molar-refractivity contribution in [1.29, 1.82) is 0 Å². The van der Waals surface area contributed by atoms with Crippen LogP contribution in [0.5, 0.6) is 0 Å². The molecule has 5 aromatic rings. The van der Waals surface area contributed by atoms with Crippen LogP contribution in [0.2, 0.25) is 0 Å².